The first-order chi connectivity index (χ1) is 8.65. The molecule has 1 heterocycles. The second kappa shape index (κ2) is 3.87. The van der Waals surface area contributed by atoms with Crippen LogP contribution in [0.15, 0.2) is 18.2 Å². The maximum atomic E-state index is 6.43. The molecule has 2 fully saturated rings. The first-order valence-corrected chi connectivity index (χ1v) is 6.24. The fourth-order valence-corrected chi connectivity index (χ4v) is 2.79. The summed E-state index contributed by atoms with van der Waals surface area (Å²) in [6.45, 7) is 1.41. The molecule has 1 saturated heterocycles. The van der Waals surface area contributed by atoms with Gasteiger partial charge < -0.3 is 19.9 Å². The largest absolute Gasteiger partial charge is 0.493 e. The third kappa shape index (κ3) is 1.45. The van der Waals surface area contributed by atoms with Gasteiger partial charge in [-0.05, 0) is 30.5 Å². The predicted molar refractivity (Wildman–Crippen MR) is 68.2 cm³/mol. The van der Waals surface area contributed by atoms with E-state index < -0.39 is 0 Å². The molecule has 0 bridgehead atoms. The van der Waals surface area contributed by atoms with E-state index in [-0.39, 0.29) is 11.0 Å². The lowest BCUT2D eigenvalue weighted by molar-refractivity contribution is -0.0787. The minimum Gasteiger partial charge on any atom is -0.493 e. The number of hydrogen-bond donors (Lipinski definition) is 1. The molecule has 2 N–H and O–H groups in total. The smallest absolute Gasteiger partial charge is 0.161 e. The molecule has 0 spiro atoms. The average molecular weight is 249 g/mol. The van der Waals surface area contributed by atoms with Gasteiger partial charge in [-0.2, -0.15) is 0 Å². The summed E-state index contributed by atoms with van der Waals surface area (Å²) in [7, 11) is 3.30. The topological polar surface area (TPSA) is 53.7 Å². The summed E-state index contributed by atoms with van der Waals surface area (Å²) in [5.74, 6) is 1.50. The highest BCUT2D eigenvalue weighted by atomic mass is 16.5. The van der Waals surface area contributed by atoms with E-state index in [4.69, 9.17) is 19.9 Å². The Morgan fingerprint density at radius 1 is 1.11 bits per heavy atom. The van der Waals surface area contributed by atoms with Crippen molar-refractivity contribution in [1.82, 2.24) is 0 Å². The van der Waals surface area contributed by atoms with E-state index in [2.05, 4.69) is 6.07 Å². The summed E-state index contributed by atoms with van der Waals surface area (Å²) in [4.78, 5) is 0. The van der Waals surface area contributed by atoms with Crippen LogP contribution in [0.25, 0.3) is 0 Å². The molecule has 2 aliphatic rings. The Bertz CT molecular complexity index is 464. The number of hydrogen-bond acceptors (Lipinski definition) is 4. The van der Waals surface area contributed by atoms with Crippen LogP contribution in [0.2, 0.25) is 0 Å². The molecule has 1 saturated carbocycles. The zero-order valence-electron chi connectivity index (χ0n) is 10.9. The monoisotopic (exact) mass is 249 g/mol. The molecule has 4 heteroatoms. The third-order valence-electron chi connectivity index (χ3n) is 4.37. The summed E-state index contributed by atoms with van der Waals surface area (Å²) in [5, 5.41) is 0. The predicted octanol–water partition coefficient (Wildman–Crippen LogP) is 1.46. The van der Waals surface area contributed by atoms with E-state index >= 15 is 0 Å². The van der Waals surface area contributed by atoms with Crippen LogP contribution in [0, 0.1) is 0 Å². The first-order valence-electron chi connectivity index (χ1n) is 6.24. The lowest BCUT2D eigenvalue weighted by Gasteiger charge is -2.47. The SMILES string of the molecule is COc1ccc(C2(C3(N)CC3)COC2)cc1OC. The fourth-order valence-electron chi connectivity index (χ4n) is 2.79. The van der Waals surface area contributed by atoms with Crippen LogP contribution in [0.3, 0.4) is 0 Å². The van der Waals surface area contributed by atoms with Crippen molar-refractivity contribution < 1.29 is 14.2 Å². The summed E-state index contributed by atoms with van der Waals surface area (Å²) in [6.07, 6.45) is 2.15. The van der Waals surface area contributed by atoms with Crippen molar-refractivity contribution in [3.63, 3.8) is 0 Å². The molecule has 1 aliphatic heterocycles. The zero-order valence-corrected chi connectivity index (χ0v) is 10.9. The molecule has 18 heavy (non-hydrogen) atoms. The van der Waals surface area contributed by atoms with Gasteiger partial charge in [0.1, 0.15) is 0 Å². The van der Waals surface area contributed by atoms with E-state index in [0.717, 1.165) is 24.3 Å². The quantitative estimate of drug-likeness (QED) is 0.877. The van der Waals surface area contributed by atoms with Gasteiger partial charge in [0, 0.05) is 5.54 Å². The molecule has 98 valence electrons. The first kappa shape index (κ1) is 11.8. The van der Waals surface area contributed by atoms with E-state index in [0.29, 0.717) is 13.2 Å². The van der Waals surface area contributed by atoms with Crippen molar-refractivity contribution >= 4 is 0 Å². The number of methoxy groups -OCH3 is 2. The van der Waals surface area contributed by atoms with E-state index in [1.807, 2.05) is 12.1 Å². The Kier molecular flexibility index (Phi) is 2.54. The third-order valence-corrected chi connectivity index (χ3v) is 4.37. The van der Waals surface area contributed by atoms with Crippen molar-refractivity contribution in [2.75, 3.05) is 27.4 Å². The van der Waals surface area contributed by atoms with Crippen molar-refractivity contribution in [1.29, 1.82) is 0 Å². The number of ether oxygens (including phenoxy) is 3. The highest BCUT2D eigenvalue weighted by molar-refractivity contribution is 5.48. The van der Waals surface area contributed by atoms with Gasteiger partial charge in [0.15, 0.2) is 11.5 Å². The van der Waals surface area contributed by atoms with Gasteiger partial charge >= 0.3 is 0 Å². The Morgan fingerprint density at radius 2 is 1.78 bits per heavy atom. The van der Waals surface area contributed by atoms with Gasteiger partial charge in [-0.25, -0.2) is 0 Å². The van der Waals surface area contributed by atoms with Crippen LogP contribution in [0.5, 0.6) is 11.5 Å². The summed E-state index contributed by atoms with van der Waals surface area (Å²) in [5.41, 5.74) is 7.50. The maximum Gasteiger partial charge on any atom is 0.161 e. The standard InChI is InChI=1S/C14H19NO3/c1-16-11-4-3-10(7-12(11)17-2)13(8-18-9-13)14(15)5-6-14/h3-4,7H,5-6,8-9,15H2,1-2H3. The number of nitrogens with two attached hydrogens (primary N) is 1. The van der Waals surface area contributed by atoms with Crippen LogP contribution in [-0.4, -0.2) is 33.0 Å². The van der Waals surface area contributed by atoms with Crippen molar-refractivity contribution in [3.05, 3.63) is 23.8 Å². The molecular formula is C14H19NO3. The second-order valence-corrected chi connectivity index (χ2v) is 5.30. The lowest BCUT2D eigenvalue weighted by Crippen LogP contribution is -2.60. The molecule has 3 rings (SSSR count). The minimum absolute atomic E-state index is 0.0352. The van der Waals surface area contributed by atoms with Crippen molar-refractivity contribution in [3.8, 4) is 11.5 Å². The molecule has 1 aliphatic carbocycles. The summed E-state index contributed by atoms with van der Waals surface area (Å²) < 4.78 is 16.1. The molecule has 0 atom stereocenters. The maximum absolute atomic E-state index is 6.43. The number of benzene rings is 1. The average Bonchev–Trinajstić information content (AvgIpc) is 3.06. The molecular weight excluding hydrogens is 230 g/mol. The second-order valence-electron chi connectivity index (χ2n) is 5.30. The van der Waals surface area contributed by atoms with Gasteiger partial charge in [-0.15, -0.1) is 0 Å². The molecule has 0 radical (unpaired) electrons. The van der Waals surface area contributed by atoms with Gasteiger partial charge in [0.2, 0.25) is 0 Å². The van der Waals surface area contributed by atoms with E-state index in [1.165, 1.54) is 5.56 Å². The van der Waals surface area contributed by atoms with Gasteiger partial charge in [0.25, 0.3) is 0 Å². The molecule has 0 aromatic heterocycles. The Morgan fingerprint density at radius 3 is 2.22 bits per heavy atom. The normalized spacial score (nSPS) is 23.1. The molecule has 1 aromatic carbocycles. The fraction of sp³-hybridized carbons (Fsp3) is 0.571. The van der Waals surface area contributed by atoms with E-state index in [9.17, 15) is 0 Å². The molecule has 1 aromatic rings. The molecule has 0 amide bonds. The molecule has 4 nitrogen and oxygen atoms in total. The zero-order chi connectivity index (χ0) is 12.8. The molecule has 0 unspecified atom stereocenters. The van der Waals surface area contributed by atoms with Gasteiger partial charge in [-0.3, -0.25) is 0 Å². The Hall–Kier alpha value is -1.26. The van der Waals surface area contributed by atoms with Crippen molar-refractivity contribution in [2.24, 2.45) is 5.73 Å². The lowest BCUT2D eigenvalue weighted by atomic mass is 9.70. The summed E-state index contributed by atoms with van der Waals surface area (Å²) >= 11 is 0. The van der Waals surface area contributed by atoms with Crippen molar-refractivity contribution in [2.45, 2.75) is 23.8 Å². The number of rotatable bonds is 4. The Labute approximate surface area is 107 Å². The minimum atomic E-state index is -0.0924. The van der Waals surface area contributed by atoms with Crippen LogP contribution in [0.1, 0.15) is 18.4 Å². The van der Waals surface area contributed by atoms with E-state index in [1.54, 1.807) is 14.2 Å². The summed E-state index contributed by atoms with van der Waals surface area (Å²) in [6, 6.07) is 6.06. The highest BCUT2D eigenvalue weighted by Crippen LogP contribution is 2.54. The van der Waals surface area contributed by atoms with Crippen LogP contribution < -0.4 is 15.2 Å². The Balaban J connectivity index is 2.01. The van der Waals surface area contributed by atoms with Crippen LogP contribution >= 0.6 is 0 Å². The highest BCUT2D eigenvalue weighted by Gasteiger charge is 2.61. The van der Waals surface area contributed by atoms with Crippen LogP contribution in [-0.2, 0) is 10.2 Å². The van der Waals surface area contributed by atoms with Crippen LogP contribution in [0.4, 0.5) is 0 Å². The van der Waals surface area contributed by atoms with Gasteiger partial charge in [0.05, 0.1) is 32.8 Å². The van der Waals surface area contributed by atoms with Gasteiger partial charge in [-0.1, -0.05) is 6.07 Å².